The molecule has 0 bridgehead atoms. The minimum atomic E-state index is 0.511. The second-order valence-electron chi connectivity index (χ2n) is 5.56. The highest BCUT2D eigenvalue weighted by atomic mass is 16.5. The first-order valence-electron chi connectivity index (χ1n) is 7.50. The van der Waals surface area contributed by atoms with Crippen LogP contribution in [-0.4, -0.2) is 29.7 Å². The number of hydrogen-bond donors (Lipinski definition) is 0. The van der Waals surface area contributed by atoms with Crippen molar-refractivity contribution in [2.75, 3.05) is 24.6 Å². The van der Waals surface area contributed by atoms with Crippen LogP contribution < -0.4 is 9.64 Å². The number of ether oxygens (including phenoxy) is 1. The van der Waals surface area contributed by atoms with Gasteiger partial charge in [-0.1, -0.05) is 0 Å². The highest BCUT2D eigenvalue weighted by Crippen LogP contribution is 2.29. The molecule has 5 heteroatoms. The molecule has 3 aromatic heterocycles. The Kier molecular flexibility index (Phi) is 3.39. The zero-order chi connectivity index (χ0) is 14.8. The van der Waals surface area contributed by atoms with Gasteiger partial charge in [0.2, 0.25) is 0 Å². The Morgan fingerprint density at radius 1 is 1.18 bits per heavy atom. The quantitative estimate of drug-likeness (QED) is 0.740. The van der Waals surface area contributed by atoms with E-state index in [4.69, 9.17) is 9.15 Å². The number of furan rings is 1. The normalized spacial score (nSPS) is 18.0. The fraction of sp³-hybridized carbons (Fsp3) is 0.294. The molecule has 0 N–H and O–H groups in total. The molecule has 4 rings (SSSR count). The maximum absolute atomic E-state index is 5.84. The van der Waals surface area contributed by atoms with E-state index in [-0.39, 0.29) is 0 Å². The summed E-state index contributed by atoms with van der Waals surface area (Å²) in [5.41, 5.74) is 0.890. The molecule has 4 heterocycles. The lowest BCUT2D eigenvalue weighted by Gasteiger charge is -2.18. The van der Waals surface area contributed by atoms with E-state index >= 15 is 0 Å². The van der Waals surface area contributed by atoms with Crippen molar-refractivity contribution in [2.45, 2.75) is 6.42 Å². The van der Waals surface area contributed by atoms with Crippen LogP contribution in [0.25, 0.3) is 11.0 Å². The van der Waals surface area contributed by atoms with Crippen molar-refractivity contribution in [2.24, 2.45) is 5.92 Å². The number of fused-ring (bicyclic) bond motifs is 1. The maximum Gasteiger partial charge on any atom is 0.139 e. The van der Waals surface area contributed by atoms with Crippen molar-refractivity contribution in [1.29, 1.82) is 0 Å². The third kappa shape index (κ3) is 2.50. The van der Waals surface area contributed by atoms with E-state index in [0.717, 1.165) is 48.7 Å². The lowest BCUT2D eigenvalue weighted by molar-refractivity contribution is 0.261. The molecule has 0 saturated carbocycles. The SMILES string of the molecule is c1cc(OCC2CCN(c3nccc4occc34)C2)ccn1. The van der Waals surface area contributed by atoms with Crippen molar-refractivity contribution in [3.63, 3.8) is 0 Å². The predicted molar refractivity (Wildman–Crippen MR) is 84.1 cm³/mol. The molecule has 5 nitrogen and oxygen atoms in total. The highest BCUT2D eigenvalue weighted by Gasteiger charge is 2.25. The molecule has 1 aliphatic heterocycles. The number of hydrogen-bond acceptors (Lipinski definition) is 5. The first-order valence-corrected chi connectivity index (χ1v) is 7.50. The lowest BCUT2D eigenvalue weighted by Crippen LogP contribution is -2.22. The summed E-state index contributed by atoms with van der Waals surface area (Å²) < 4.78 is 11.3. The minimum Gasteiger partial charge on any atom is -0.493 e. The molecule has 3 aromatic rings. The zero-order valence-electron chi connectivity index (χ0n) is 12.2. The van der Waals surface area contributed by atoms with Gasteiger partial charge in [0.15, 0.2) is 0 Å². The molecule has 1 unspecified atom stereocenters. The largest absolute Gasteiger partial charge is 0.493 e. The number of anilines is 1. The second kappa shape index (κ2) is 5.67. The van der Waals surface area contributed by atoms with Gasteiger partial charge in [-0.2, -0.15) is 0 Å². The Labute approximate surface area is 128 Å². The first kappa shape index (κ1) is 13.1. The van der Waals surface area contributed by atoms with Gasteiger partial charge in [0.05, 0.1) is 18.3 Å². The fourth-order valence-electron chi connectivity index (χ4n) is 2.94. The van der Waals surface area contributed by atoms with Gasteiger partial charge in [0.25, 0.3) is 0 Å². The summed E-state index contributed by atoms with van der Waals surface area (Å²) in [7, 11) is 0. The summed E-state index contributed by atoms with van der Waals surface area (Å²) in [6.45, 7) is 2.69. The Bertz CT molecular complexity index is 757. The van der Waals surface area contributed by atoms with Gasteiger partial charge in [-0.05, 0) is 30.7 Å². The minimum absolute atomic E-state index is 0.511. The number of rotatable bonds is 4. The van der Waals surface area contributed by atoms with Gasteiger partial charge in [-0.3, -0.25) is 4.98 Å². The van der Waals surface area contributed by atoms with Crippen LogP contribution >= 0.6 is 0 Å². The van der Waals surface area contributed by atoms with Crippen LogP contribution in [0.3, 0.4) is 0 Å². The summed E-state index contributed by atoms with van der Waals surface area (Å²) in [6, 6.07) is 7.67. The van der Waals surface area contributed by atoms with Crippen molar-refractivity contribution in [3.05, 3.63) is 49.1 Å². The molecule has 0 spiro atoms. The van der Waals surface area contributed by atoms with Gasteiger partial charge >= 0.3 is 0 Å². The number of nitrogens with zero attached hydrogens (tertiary/aromatic N) is 3. The molecule has 1 fully saturated rings. The van der Waals surface area contributed by atoms with E-state index < -0.39 is 0 Å². The average Bonchev–Trinajstić information content (AvgIpc) is 3.22. The fourth-order valence-corrected chi connectivity index (χ4v) is 2.94. The van der Waals surface area contributed by atoms with Gasteiger partial charge in [0.1, 0.15) is 17.2 Å². The monoisotopic (exact) mass is 295 g/mol. The first-order chi connectivity index (χ1) is 10.9. The smallest absolute Gasteiger partial charge is 0.139 e. The van der Waals surface area contributed by atoms with E-state index in [2.05, 4.69) is 14.9 Å². The molecule has 0 amide bonds. The van der Waals surface area contributed by atoms with E-state index in [1.54, 1.807) is 18.7 Å². The maximum atomic E-state index is 5.84. The summed E-state index contributed by atoms with van der Waals surface area (Å²) >= 11 is 0. The van der Waals surface area contributed by atoms with Crippen LogP contribution in [0.2, 0.25) is 0 Å². The van der Waals surface area contributed by atoms with E-state index in [1.165, 1.54) is 0 Å². The summed E-state index contributed by atoms with van der Waals surface area (Å²) in [4.78, 5) is 10.8. The molecular weight excluding hydrogens is 278 g/mol. The van der Waals surface area contributed by atoms with E-state index in [0.29, 0.717) is 5.92 Å². The summed E-state index contributed by atoms with van der Waals surface area (Å²) in [5, 5.41) is 1.08. The predicted octanol–water partition coefficient (Wildman–Crippen LogP) is 3.13. The van der Waals surface area contributed by atoms with Crippen LogP contribution in [-0.2, 0) is 0 Å². The molecule has 1 atom stereocenters. The highest BCUT2D eigenvalue weighted by molar-refractivity contribution is 5.88. The Morgan fingerprint density at radius 3 is 3.00 bits per heavy atom. The standard InChI is InChI=1S/C17H17N3O2/c1-6-18-7-2-14(1)22-12-13-4-9-20(11-13)17-15-5-10-21-16(15)3-8-19-17/h1-3,5-8,10,13H,4,9,11-12H2. The molecular formula is C17H17N3O2. The van der Waals surface area contributed by atoms with Crippen molar-refractivity contribution in [3.8, 4) is 5.75 Å². The van der Waals surface area contributed by atoms with Crippen LogP contribution in [0, 0.1) is 5.92 Å². The van der Waals surface area contributed by atoms with Gasteiger partial charge in [-0.15, -0.1) is 0 Å². The third-order valence-corrected chi connectivity index (χ3v) is 4.08. The van der Waals surface area contributed by atoms with E-state index in [9.17, 15) is 0 Å². The van der Waals surface area contributed by atoms with Gasteiger partial charge in [0, 0.05) is 37.6 Å². The molecule has 1 saturated heterocycles. The Morgan fingerprint density at radius 2 is 2.09 bits per heavy atom. The molecule has 1 aliphatic rings. The van der Waals surface area contributed by atoms with Crippen LogP contribution in [0.15, 0.2) is 53.5 Å². The van der Waals surface area contributed by atoms with Gasteiger partial charge < -0.3 is 14.1 Å². The summed E-state index contributed by atoms with van der Waals surface area (Å²) in [6.07, 6.45) is 8.14. The van der Waals surface area contributed by atoms with Crippen molar-refractivity contribution in [1.82, 2.24) is 9.97 Å². The second-order valence-corrected chi connectivity index (χ2v) is 5.56. The lowest BCUT2D eigenvalue weighted by atomic mass is 10.1. The number of aromatic nitrogens is 2. The van der Waals surface area contributed by atoms with Crippen molar-refractivity contribution >= 4 is 16.8 Å². The van der Waals surface area contributed by atoms with Crippen molar-refractivity contribution < 1.29 is 9.15 Å². The zero-order valence-corrected chi connectivity index (χ0v) is 12.2. The summed E-state index contributed by atoms with van der Waals surface area (Å²) in [5.74, 6) is 2.40. The number of pyridine rings is 2. The molecule has 0 radical (unpaired) electrons. The molecule has 112 valence electrons. The van der Waals surface area contributed by atoms with Crippen LogP contribution in [0.4, 0.5) is 5.82 Å². The van der Waals surface area contributed by atoms with Crippen LogP contribution in [0.1, 0.15) is 6.42 Å². The van der Waals surface area contributed by atoms with Crippen LogP contribution in [0.5, 0.6) is 5.75 Å². The van der Waals surface area contributed by atoms with Gasteiger partial charge in [-0.25, -0.2) is 4.98 Å². The van der Waals surface area contributed by atoms with E-state index in [1.807, 2.05) is 30.5 Å². The topological polar surface area (TPSA) is 51.4 Å². The third-order valence-electron chi connectivity index (χ3n) is 4.08. The Balaban J connectivity index is 1.43. The molecule has 0 aliphatic carbocycles. The molecule has 0 aromatic carbocycles. The molecule has 22 heavy (non-hydrogen) atoms. The average molecular weight is 295 g/mol. The Hall–Kier alpha value is -2.56.